The van der Waals surface area contributed by atoms with E-state index in [4.69, 9.17) is 9.47 Å². The van der Waals surface area contributed by atoms with Crippen molar-refractivity contribution in [3.8, 4) is 5.75 Å². The molecule has 4 heteroatoms. The van der Waals surface area contributed by atoms with Gasteiger partial charge in [0.1, 0.15) is 11.6 Å². The van der Waals surface area contributed by atoms with E-state index in [0.29, 0.717) is 19.0 Å². The predicted molar refractivity (Wildman–Crippen MR) is 61.5 cm³/mol. The number of methoxy groups -OCH3 is 1. The minimum absolute atomic E-state index is 0.0366. The van der Waals surface area contributed by atoms with Crippen molar-refractivity contribution >= 4 is 0 Å². The third-order valence-electron chi connectivity index (χ3n) is 3.24. The highest BCUT2D eigenvalue weighted by atomic mass is 19.1. The minimum Gasteiger partial charge on any atom is -0.496 e. The van der Waals surface area contributed by atoms with Gasteiger partial charge in [-0.25, -0.2) is 4.39 Å². The first-order valence-electron chi connectivity index (χ1n) is 5.82. The van der Waals surface area contributed by atoms with Crippen molar-refractivity contribution in [2.75, 3.05) is 20.3 Å². The van der Waals surface area contributed by atoms with E-state index in [0.717, 1.165) is 12.8 Å². The Kier molecular flexibility index (Phi) is 3.97. The second-order valence-corrected chi connectivity index (χ2v) is 4.25. The molecule has 3 nitrogen and oxygen atoms in total. The lowest BCUT2D eigenvalue weighted by Crippen LogP contribution is -2.23. The van der Waals surface area contributed by atoms with Crippen LogP contribution in [0.25, 0.3) is 0 Å². The van der Waals surface area contributed by atoms with Gasteiger partial charge in [-0.3, -0.25) is 0 Å². The molecule has 1 heterocycles. The maximum atomic E-state index is 13.8. The molecule has 1 aromatic rings. The van der Waals surface area contributed by atoms with Gasteiger partial charge in [0.25, 0.3) is 0 Å². The zero-order valence-electron chi connectivity index (χ0n) is 9.86. The monoisotopic (exact) mass is 240 g/mol. The summed E-state index contributed by atoms with van der Waals surface area (Å²) in [4.78, 5) is 0. The van der Waals surface area contributed by atoms with E-state index in [1.807, 2.05) is 0 Å². The minimum atomic E-state index is -0.824. The number of halogens is 1. The van der Waals surface area contributed by atoms with Gasteiger partial charge in [0.2, 0.25) is 0 Å². The molecule has 1 N–H and O–H groups in total. The molecule has 0 aliphatic carbocycles. The Morgan fingerprint density at radius 2 is 2.12 bits per heavy atom. The highest BCUT2D eigenvalue weighted by molar-refractivity contribution is 5.36. The molecule has 0 spiro atoms. The zero-order valence-corrected chi connectivity index (χ0v) is 9.86. The van der Waals surface area contributed by atoms with Gasteiger partial charge < -0.3 is 14.6 Å². The lowest BCUT2D eigenvalue weighted by Gasteiger charge is -2.28. The van der Waals surface area contributed by atoms with Crippen LogP contribution in [-0.2, 0) is 4.74 Å². The zero-order chi connectivity index (χ0) is 12.3. The van der Waals surface area contributed by atoms with Crippen molar-refractivity contribution in [2.45, 2.75) is 18.9 Å². The Bertz CT molecular complexity index is 375. The molecule has 0 bridgehead atoms. The van der Waals surface area contributed by atoms with Gasteiger partial charge in [0.05, 0.1) is 18.8 Å². The van der Waals surface area contributed by atoms with E-state index >= 15 is 0 Å². The molecule has 1 fully saturated rings. The summed E-state index contributed by atoms with van der Waals surface area (Å²) in [6.07, 6.45) is 0.673. The van der Waals surface area contributed by atoms with Gasteiger partial charge in [-0.1, -0.05) is 6.07 Å². The first-order valence-corrected chi connectivity index (χ1v) is 5.82. The Labute approximate surface area is 100 Å². The molecule has 2 rings (SSSR count). The number of hydrogen-bond acceptors (Lipinski definition) is 3. The Morgan fingerprint density at radius 3 is 2.76 bits per heavy atom. The molecule has 0 radical (unpaired) electrons. The molecule has 0 aromatic heterocycles. The second kappa shape index (κ2) is 5.47. The molecular formula is C13H17FO3. The van der Waals surface area contributed by atoms with Gasteiger partial charge in [-0.2, -0.15) is 0 Å². The number of aliphatic hydroxyl groups excluding tert-OH is 1. The average Bonchev–Trinajstić information content (AvgIpc) is 2.38. The van der Waals surface area contributed by atoms with Crippen molar-refractivity contribution < 1.29 is 19.0 Å². The van der Waals surface area contributed by atoms with Crippen molar-refractivity contribution in [1.82, 2.24) is 0 Å². The maximum absolute atomic E-state index is 13.8. The van der Waals surface area contributed by atoms with Crippen LogP contribution in [0.15, 0.2) is 18.2 Å². The lowest BCUT2D eigenvalue weighted by molar-refractivity contribution is 0.00502. The van der Waals surface area contributed by atoms with Gasteiger partial charge in [-0.15, -0.1) is 0 Å². The molecule has 1 aliphatic rings. The van der Waals surface area contributed by atoms with Gasteiger partial charge in [-0.05, 0) is 30.9 Å². The molecule has 1 aliphatic heterocycles. The number of aliphatic hydroxyl groups is 1. The molecule has 17 heavy (non-hydrogen) atoms. The normalized spacial score (nSPS) is 19.0. The summed E-state index contributed by atoms with van der Waals surface area (Å²) >= 11 is 0. The highest BCUT2D eigenvalue weighted by Crippen LogP contribution is 2.36. The number of rotatable bonds is 3. The van der Waals surface area contributed by atoms with Crippen LogP contribution in [0.1, 0.15) is 24.5 Å². The molecule has 0 saturated carbocycles. The standard InChI is InChI=1S/C13H17FO3/c1-16-11-4-2-3-10(14)12(11)13(15)9-5-7-17-8-6-9/h2-4,9,13,15H,5-8H2,1H3. The quantitative estimate of drug-likeness (QED) is 0.881. The maximum Gasteiger partial charge on any atom is 0.132 e. The average molecular weight is 240 g/mol. The van der Waals surface area contributed by atoms with Crippen molar-refractivity contribution in [3.63, 3.8) is 0 Å². The summed E-state index contributed by atoms with van der Waals surface area (Å²) in [6.45, 7) is 1.25. The van der Waals surface area contributed by atoms with Crippen LogP contribution in [0, 0.1) is 11.7 Å². The largest absolute Gasteiger partial charge is 0.496 e. The molecule has 94 valence electrons. The fourth-order valence-corrected chi connectivity index (χ4v) is 2.25. The van der Waals surface area contributed by atoms with Crippen LogP contribution in [0.3, 0.4) is 0 Å². The van der Waals surface area contributed by atoms with E-state index in [2.05, 4.69) is 0 Å². The van der Waals surface area contributed by atoms with Gasteiger partial charge >= 0.3 is 0 Å². The van der Waals surface area contributed by atoms with E-state index in [1.165, 1.54) is 13.2 Å². The smallest absolute Gasteiger partial charge is 0.132 e. The molecule has 0 amide bonds. The molecule has 1 saturated heterocycles. The summed E-state index contributed by atoms with van der Waals surface area (Å²) in [6, 6.07) is 4.59. The number of benzene rings is 1. The van der Waals surface area contributed by atoms with Crippen LogP contribution in [0.4, 0.5) is 4.39 Å². The fraction of sp³-hybridized carbons (Fsp3) is 0.538. The van der Waals surface area contributed by atoms with Gasteiger partial charge in [0, 0.05) is 13.2 Å². The lowest BCUT2D eigenvalue weighted by atomic mass is 9.89. The van der Waals surface area contributed by atoms with E-state index in [-0.39, 0.29) is 11.5 Å². The summed E-state index contributed by atoms with van der Waals surface area (Å²) in [7, 11) is 1.48. The number of hydrogen-bond donors (Lipinski definition) is 1. The highest BCUT2D eigenvalue weighted by Gasteiger charge is 2.28. The third kappa shape index (κ3) is 2.58. The second-order valence-electron chi connectivity index (χ2n) is 4.25. The van der Waals surface area contributed by atoms with E-state index in [9.17, 15) is 9.50 Å². The first kappa shape index (κ1) is 12.3. The Balaban J connectivity index is 2.25. The topological polar surface area (TPSA) is 38.7 Å². The van der Waals surface area contributed by atoms with Crippen LogP contribution >= 0.6 is 0 Å². The van der Waals surface area contributed by atoms with Crippen molar-refractivity contribution in [3.05, 3.63) is 29.6 Å². The van der Waals surface area contributed by atoms with Crippen molar-refractivity contribution in [2.24, 2.45) is 5.92 Å². The van der Waals surface area contributed by atoms with Crippen LogP contribution < -0.4 is 4.74 Å². The summed E-state index contributed by atoms with van der Waals surface area (Å²) < 4.78 is 24.1. The summed E-state index contributed by atoms with van der Waals surface area (Å²) in [5.74, 6) is 0.0295. The predicted octanol–water partition coefficient (Wildman–Crippen LogP) is 2.29. The van der Waals surface area contributed by atoms with Crippen LogP contribution in [0.5, 0.6) is 5.75 Å². The van der Waals surface area contributed by atoms with Gasteiger partial charge in [0.15, 0.2) is 0 Å². The summed E-state index contributed by atoms with van der Waals surface area (Å²) in [5, 5.41) is 10.3. The third-order valence-corrected chi connectivity index (χ3v) is 3.24. The Hall–Kier alpha value is -1.13. The number of ether oxygens (including phenoxy) is 2. The molecular weight excluding hydrogens is 223 g/mol. The molecule has 1 unspecified atom stereocenters. The van der Waals surface area contributed by atoms with E-state index in [1.54, 1.807) is 12.1 Å². The first-order chi connectivity index (χ1) is 8.24. The fourth-order valence-electron chi connectivity index (χ4n) is 2.25. The van der Waals surface area contributed by atoms with Crippen LogP contribution in [0.2, 0.25) is 0 Å². The molecule has 1 aromatic carbocycles. The van der Waals surface area contributed by atoms with Crippen LogP contribution in [-0.4, -0.2) is 25.4 Å². The Morgan fingerprint density at radius 1 is 1.41 bits per heavy atom. The summed E-state index contributed by atoms with van der Waals surface area (Å²) in [5.41, 5.74) is 0.266. The van der Waals surface area contributed by atoms with E-state index < -0.39 is 11.9 Å². The molecule has 1 atom stereocenters. The SMILES string of the molecule is COc1cccc(F)c1C(O)C1CCOCC1. The van der Waals surface area contributed by atoms with Crippen molar-refractivity contribution in [1.29, 1.82) is 0 Å².